The molecule has 4 N–H and O–H groups in total. The number of nitrogen functional groups attached to an aromatic ring is 1. The number of benzene rings is 1. The third kappa shape index (κ3) is 4.65. The molecule has 0 saturated carbocycles. The normalized spacial score (nSPS) is 13.7. The van der Waals surface area contributed by atoms with Crippen LogP contribution in [0.3, 0.4) is 0 Å². The van der Waals surface area contributed by atoms with Gasteiger partial charge >= 0.3 is 0 Å². The molecule has 0 aliphatic rings. The predicted molar refractivity (Wildman–Crippen MR) is 78.7 cm³/mol. The molecule has 1 amide bonds. The summed E-state index contributed by atoms with van der Waals surface area (Å²) in [5, 5.41) is 12.7. The predicted octanol–water partition coefficient (Wildman–Crippen LogP) is 1.12. The lowest BCUT2D eigenvalue weighted by atomic mass is 10.1. The zero-order valence-corrected chi connectivity index (χ0v) is 12.2. The number of nitrogens with two attached hydrogens (primary N) is 1. The van der Waals surface area contributed by atoms with E-state index in [1.165, 1.54) is 18.9 Å². The first kappa shape index (κ1) is 15.7. The molecule has 6 heteroatoms. The van der Waals surface area contributed by atoms with Crippen LogP contribution in [0.25, 0.3) is 0 Å². The van der Waals surface area contributed by atoms with Crippen LogP contribution >= 0.6 is 11.8 Å². The van der Waals surface area contributed by atoms with Gasteiger partial charge in [0.15, 0.2) is 0 Å². The second kappa shape index (κ2) is 6.68. The molecule has 0 aliphatic heterocycles. The first-order valence-electron chi connectivity index (χ1n) is 5.82. The number of aliphatic hydroxyl groups is 1. The molecule has 0 heterocycles. The molecule has 0 aromatic heterocycles. The highest BCUT2D eigenvalue weighted by atomic mass is 32.2. The summed E-state index contributed by atoms with van der Waals surface area (Å²) < 4.78 is 5.12. The standard InChI is InChI=1S/C13H20N2O3S/c1-13(17,8-19-3)7-15-12(16)10-6-9(14)4-5-11(10)18-2/h4-6,17H,7-8,14H2,1-3H3,(H,15,16). The smallest absolute Gasteiger partial charge is 0.255 e. The second-order valence-electron chi connectivity index (χ2n) is 4.57. The van der Waals surface area contributed by atoms with Crippen LogP contribution in [0.15, 0.2) is 18.2 Å². The maximum atomic E-state index is 12.1. The third-order valence-corrected chi connectivity index (χ3v) is 3.46. The van der Waals surface area contributed by atoms with Crippen LogP contribution in [-0.2, 0) is 0 Å². The van der Waals surface area contributed by atoms with E-state index in [4.69, 9.17) is 10.5 Å². The molecule has 0 radical (unpaired) electrons. The summed E-state index contributed by atoms with van der Waals surface area (Å²) in [6.45, 7) is 1.85. The van der Waals surface area contributed by atoms with Crippen LogP contribution in [0.2, 0.25) is 0 Å². The molecule has 0 bridgehead atoms. The van der Waals surface area contributed by atoms with E-state index < -0.39 is 5.60 Å². The Morgan fingerprint density at radius 1 is 1.58 bits per heavy atom. The van der Waals surface area contributed by atoms with Crippen LogP contribution in [-0.4, -0.2) is 42.3 Å². The fraction of sp³-hybridized carbons (Fsp3) is 0.462. The molecule has 0 spiro atoms. The summed E-state index contributed by atoms with van der Waals surface area (Å²) >= 11 is 1.52. The molecule has 106 valence electrons. The Morgan fingerprint density at radius 2 is 2.26 bits per heavy atom. The van der Waals surface area contributed by atoms with Crippen molar-refractivity contribution in [2.75, 3.05) is 31.4 Å². The van der Waals surface area contributed by atoms with Crippen LogP contribution in [0.4, 0.5) is 5.69 Å². The highest BCUT2D eigenvalue weighted by molar-refractivity contribution is 7.98. The first-order chi connectivity index (χ1) is 8.89. The van der Waals surface area contributed by atoms with Gasteiger partial charge in [0, 0.05) is 18.0 Å². The van der Waals surface area contributed by atoms with Crippen molar-refractivity contribution in [2.45, 2.75) is 12.5 Å². The van der Waals surface area contributed by atoms with E-state index in [2.05, 4.69) is 5.32 Å². The van der Waals surface area contributed by atoms with E-state index in [-0.39, 0.29) is 12.5 Å². The Hall–Kier alpha value is -1.40. The fourth-order valence-corrected chi connectivity index (χ4v) is 2.35. The fourth-order valence-electron chi connectivity index (χ4n) is 1.63. The number of hydrogen-bond acceptors (Lipinski definition) is 5. The molecule has 0 aliphatic carbocycles. The quantitative estimate of drug-likeness (QED) is 0.682. The van der Waals surface area contributed by atoms with Gasteiger partial charge in [-0.1, -0.05) is 0 Å². The van der Waals surface area contributed by atoms with E-state index in [1.54, 1.807) is 25.1 Å². The molecule has 1 aromatic carbocycles. The number of carbonyl (C=O) groups excluding carboxylic acids is 1. The molecule has 1 atom stereocenters. The average Bonchev–Trinajstić information content (AvgIpc) is 2.36. The van der Waals surface area contributed by atoms with Crippen molar-refractivity contribution < 1.29 is 14.6 Å². The third-order valence-electron chi connectivity index (χ3n) is 2.55. The number of carbonyl (C=O) groups is 1. The van der Waals surface area contributed by atoms with Crippen LogP contribution in [0.1, 0.15) is 17.3 Å². The molecule has 0 saturated heterocycles. The number of rotatable bonds is 6. The SMILES string of the molecule is COc1ccc(N)cc1C(=O)NCC(C)(O)CSC. The minimum atomic E-state index is -0.942. The first-order valence-corrected chi connectivity index (χ1v) is 7.22. The number of nitrogens with one attached hydrogen (secondary N) is 1. The molecular weight excluding hydrogens is 264 g/mol. The highest BCUT2D eigenvalue weighted by Crippen LogP contribution is 2.21. The number of thioether (sulfide) groups is 1. The Morgan fingerprint density at radius 3 is 2.84 bits per heavy atom. The van der Waals surface area contributed by atoms with E-state index in [9.17, 15) is 9.90 Å². The van der Waals surface area contributed by atoms with Crippen molar-refractivity contribution in [3.8, 4) is 5.75 Å². The maximum absolute atomic E-state index is 12.1. The number of anilines is 1. The molecule has 1 unspecified atom stereocenters. The van der Waals surface area contributed by atoms with Gasteiger partial charge in [0.25, 0.3) is 5.91 Å². The van der Waals surface area contributed by atoms with Gasteiger partial charge in [-0.15, -0.1) is 0 Å². The van der Waals surface area contributed by atoms with Crippen molar-refractivity contribution >= 4 is 23.4 Å². The van der Waals surface area contributed by atoms with Gasteiger partial charge in [0.1, 0.15) is 5.75 Å². The molecule has 5 nitrogen and oxygen atoms in total. The summed E-state index contributed by atoms with van der Waals surface area (Å²) in [5.74, 6) is 0.683. The summed E-state index contributed by atoms with van der Waals surface area (Å²) in [4.78, 5) is 12.1. The number of amides is 1. The number of ether oxygens (including phenoxy) is 1. The summed E-state index contributed by atoms with van der Waals surface area (Å²) in [5.41, 5.74) is 5.57. The molecule has 19 heavy (non-hydrogen) atoms. The Balaban J connectivity index is 2.76. The zero-order valence-electron chi connectivity index (χ0n) is 11.4. The average molecular weight is 284 g/mol. The van der Waals surface area contributed by atoms with Crippen molar-refractivity contribution in [1.82, 2.24) is 5.32 Å². The highest BCUT2D eigenvalue weighted by Gasteiger charge is 2.21. The van der Waals surface area contributed by atoms with E-state index in [0.717, 1.165) is 0 Å². The van der Waals surface area contributed by atoms with Crippen molar-refractivity contribution in [3.63, 3.8) is 0 Å². The van der Waals surface area contributed by atoms with Crippen molar-refractivity contribution in [2.24, 2.45) is 0 Å². The van der Waals surface area contributed by atoms with Gasteiger partial charge in [-0.2, -0.15) is 11.8 Å². The van der Waals surface area contributed by atoms with Gasteiger partial charge in [-0.05, 0) is 31.4 Å². The Labute approximate surface area is 117 Å². The van der Waals surface area contributed by atoms with Gasteiger partial charge in [0.05, 0.1) is 18.3 Å². The number of methoxy groups -OCH3 is 1. The molecule has 1 aromatic rings. The van der Waals surface area contributed by atoms with Crippen LogP contribution in [0.5, 0.6) is 5.75 Å². The topological polar surface area (TPSA) is 84.6 Å². The van der Waals surface area contributed by atoms with Gasteiger partial charge < -0.3 is 20.9 Å². The number of hydrogen-bond donors (Lipinski definition) is 3. The van der Waals surface area contributed by atoms with E-state index in [1.807, 2.05) is 6.26 Å². The minimum Gasteiger partial charge on any atom is -0.496 e. The lowest BCUT2D eigenvalue weighted by Gasteiger charge is -2.22. The molecular formula is C13H20N2O3S. The van der Waals surface area contributed by atoms with Crippen molar-refractivity contribution in [3.05, 3.63) is 23.8 Å². The van der Waals surface area contributed by atoms with Crippen molar-refractivity contribution in [1.29, 1.82) is 0 Å². The van der Waals surface area contributed by atoms with Gasteiger partial charge in [0.2, 0.25) is 0 Å². The summed E-state index contributed by atoms with van der Waals surface area (Å²) in [7, 11) is 1.49. The lowest BCUT2D eigenvalue weighted by Crippen LogP contribution is -2.42. The van der Waals surface area contributed by atoms with Crippen LogP contribution in [0, 0.1) is 0 Å². The lowest BCUT2D eigenvalue weighted by molar-refractivity contribution is 0.0723. The largest absolute Gasteiger partial charge is 0.496 e. The van der Waals surface area contributed by atoms with Gasteiger partial charge in [-0.3, -0.25) is 4.79 Å². The summed E-state index contributed by atoms with van der Waals surface area (Å²) in [6.07, 6.45) is 1.90. The summed E-state index contributed by atoms with van der Waals surface area (Å²) in [6, 6.07) is 4.86. The minimum absolute atomic E-state index is 0.171. The van der Waals surface area contributed by atoms with Gasteiger partial charge in [-0.25, -0.2) is 0 Å². The maximum Gasteiger partial charge on any atom is 0.255 e. The Kier molecular flexibility index (Phi) is 5.50. The Bertz CT molecular complexity index is 450. The van der Waals surface area contributed by atoms with E-state index in [0.29, 0.717) is 22.8 Å². The molecule has 0 fully saturated rings. The monoisotopic (exact) mass is 284 g/mol. The second-order valence-corrected chi connectivity index (χ2v) is 5.44. The van der Waals surface area contributed by atoms with E-state index >= 15 is 0 Å². The zero-order chi connectivity index (χ0) is 14.5. The van der Waals surface area contributed by atoms with Crippen LogP contribution < -0.4 is 15.8 Å². The molecule has 1 rings (SSSR count).